The highest BCUT2D eigenvalue weighted by molar-refractivity contribution is 5.94. The monoisotopic (exact) mass is 599 g/mol. The Morgan fingerprint density at radius 3 is 2.61 bits per heavy atom. The molecule has 2 aromatic carbocycles. The molecule has 1 aliphatic carbocycles. The van der Waals surface area contributed by atoms with Crippen LogP contribution in [0.2, 0.25) is 0 Å². The third-order valence-corrected chi connectivity index (χ3v) is 9.00. The molecule has 2 heterocycles. The van der Waals surface area contributed by atoms with Gasteiger partial charge >= 0.3 is 0 Å². The molecular formula is C35H45N5O4. The molecule has 2 aliphatic rings. The summed E-state index contributed by atoms with van der Waals surface area (Å²) >= 11 is 0. The molecule has 1 spiro atoms. The van der Waals surface area contributed by atoms with Gasteiger partial charge in [0, 0.05) is 56.1 Å². The summed E-state index contributed by atoms with van der Waals surface area (Å²) in [4.78, 5) is 61.1. The SMILES string of the molecule is CC(C)CCN1CC(=O)NC2(CCCc3ccccc32)C(=O)NCCN(C(=O)CCc2c[nH]c3ccccc23)CCCC1=O. The molecule has 1 atom stereocenters. The predicted octanol–water partition coefficient (Wildman–Crippen LogP) is 4.06. The van der Waals surface area contributed by atoms with Crippen LogP contribution >= 0.6 is 0 Å². The van der Waals surface area contributed by atoms with Crippen molar-refractivity contribution in [3.05, 3.63) is 71.4 Å². The standard InChI is InChI=1S/C35H45N5O4/c1-25(2)17-21-40-24-31(41)38-35(18-7-10-26-9-3-5-12-29(26)35)34(44)36-19-22-39(20-8-14-32(40)42)33(43)16-15-27-23-37-30-13-6-4-11-28(27)30/h3-6,9,11-13,23,25,37H,7-8,10,14-22,24H2,1-2H3,(H,36,44)(H,38,41). The van der Waals surface area contributed by atoms with Gasteiger partial charge in [-0.2, -0.15) is 0 Å². The van der Waals surface area contributed by atoms with E-state index in [1.165, 1.54) is 0 Å². The Balaban J connectivity index is 1.37. The van der Waals surface area contributed by atoms with E-state index in [0.29, 0.717) is 51.2 Å². The first-order valence-corrected chi connectivity index (χ1v) is 16.0. The van der Waals surface area contributed by atoms with Gasteiger partial charge in [-0.15, -0.1) is 0 Å². The minimum Gasteiger partial charge on any atom is -0.361 e. The number of benzene rings is 2. The van der Waals surface area contributed by atoms with Gasteiger partial charge in [0.15, 0.2) is 0 Å². The Hall–Kier alpha value is -4.14. The number of aromatic amines is 1. The zero-order valence-electron chi connectivity index (χ0n) is 26.0. The number of hydrogen-bond acceptors (Lipinski definition) is 4. The third kappa shape index (κ3) is 7.14. The van der Waals surface area contributed by atoms with E-state index in [1.807, 2.05) is 48.7 Å². The lowest BCUT2D eigenvalue weighted by Gasteiger charge is -2.39. The van der Waals surface area contributed by atoms with Crippen LogP contribution in [0.15, 0.2) is 54.7 Å². The first kappa shape index (κ1) is 31.3. The first-order chi connectivity index (χ1) is 21.3. The van der Waals surface area contributed by atoms with Crippen molar-refractivity contribution >= 4 is 34.5 Å². The van der Waals surface area contributed by atoms with E-state index in [1.54, 1.807) is 9.80 Å². The lowest BCUT2D eigenvalue weighted by atomic mass is 9.75. The molecule has 1 unspecified atom stereocenters. The van der Waals surface area contributed by atoms with Crippen LogP contribution in [0.25, 0.3) is 10.9 Å². The van der Waals surface area contributed by atoms with Crippen LogP contribution in [0.1, 0.15) is 69.1 Å². The second kappa shape index (κ2) is 14.1. The molecule has 9 heteroatoms. The van der Waals surface area contributed by atoms with Crippen molar-refractivity contribution in [1.82, 2.24) is 25.4 Å². The van der Waals surface area contributed by atoms with Crippen molar-refractivity contribution in [3.8, 4) is 0 Å². The van der Waals surface area contributed by atoms with Crippen LogP contribution in [-0.4, -0.2) is 71.1 Å². The largest absolute Gasteiger partial charge is 0.361 e. The van der Waals surface area contributed by atoms with Gasteiger partial charge in [0.2, 0.25) is 17.7 Å². The van der Waals surface area contributed by atoms with Crippen LogP contribution in [0.3, 0.4) is 0 Å². The maximum absolute atomic E-state index is 14.0. The summed E-state index contributed by atoms with van der Waals surface area (Å²) < 4.78 is 0. The Morgan fingerprint density at radius 2 is 1.77 bits per heavy atom. The van der Waals surface area contributed by atoms with Gasteiger partial charge in [-0.1, -0.05) is 56.3 Å². The third-order valence-electron chi connectivity index (χ3n) is 9.00. The Bertz CT molecular complexity index is 1500. The number of para-hydroxylation sites is 1. The van der Waals surface area contributed by atoms with E-state index in [4.69, 9.17) is 0 Å². The fourth-order valence-electron chi connectivity index (χ4n) is 6.55. The molecule has 44 heavy (non-hydrogen) atoms. The van der Waals surface area contributed by atoms with Crippen LogP contribution in [-0.2, 0) is 37.6 Å². The molecule has 1 aliphatic heterocycles. The number of nitrogens with one attached hydrogen (secondary N) is 3. The quantitative estimate of drug-likeness (QED) is 0.397. The fourth-order valence-corrected chi connectivity index (χ4v) is 6.55. The number of fused-ring (bicyclic) bond motifs is 3. The topological polar surface area (TPSA) is 115 Å². The number of nitrogens with zero attached hydrogens (tertiary/aromatic N) is 2. The van der Waals surface area contributed by atoms with Gasteiger partial charge in [0.25, 0.3) is 5.91 Å². The highest BCUT2D eigenvalue weighted by Crippen LogP contribution is 2.36. The zero-order chi connectivity index (χ0) is 31.1. The molecule has 3 N–H and O–H groups in total. The normalized spacial score (nSPS) is 20.4. The number of carbonyl (C=O) groups is 4. The van der Waals surface area contributed by atoms with Gasteiger partial charge in [0.05, 0.1) is 6.54 Å². The van der Waals surface area contributed by atoms with Gasteiger partial charge < -0.3 is 25.4 Å². The van der Waals surface area contributed by atoms with E-state index < -0.39 is 5.54 Å². The molecule has 234 valence electrons. The average molecular weight is 600 g/mol. The molecule has 0 bridgehead atoms. The van der Waals surface area contributed by atoms with E-state index >= 15 is 0 Å². The summed E-state index contributed by atoms with van der Waals surface area (Å²) in [5.74, 6) is -0.355. The van der Waals surface area contributed by atoms with Crippen molar-refractivity contribution in [2.45, 2.75) is 70.8 Å². The maximum atomic E-state index is 14.0. The van der Waals surface area contributed by atoms with Gasteiger partial charge in [-0.25, -0.2) is 0 Å². The minimum absolute atomic E-state index is 0.00762. The Morgan fingerprint density at radius 1 is 0.977 bits per heavy atom. The van der Waals surface area contributed by atoms with Crippen LogP contribution in [0.4, 0.5) is 0 Å². The van der Waals surface area contributed by atoms with Crippen LogP contribution in [0.5, 0.6) is 0 Å². The molecule has 0 saturated carbocycles. The van der Waals surface area contributed by atoms with E-state index in [0.717, 1.165) is 46.9 Å². The second-order valence-corrected chi connectivity index (χ2v) is 12.6. The number of aromatic nitrogens is 1. The van der Waals surface area contributed by atoms with Gasteiger partial charge in [-0.05, 0) is 67.2 Å². The molecule has 1 fully saturated rings. The Labute approximate surface area is 259 Å². The van der Waals surface area contributed by atoms with Gasteiger partial charge in [-0.3, -0.25) is 19.2 Å². The lowest BCUT2D eigenvalue weighted by molar-refractivity contribution is -0.140. The maximum Gasteiger partial charge on any atom is 0.250 e. The number of amides is 4. The summed E-state index contributed by atoms with van der Waals surface area (Å²) in [5.41, 5.74) is 2.75. The minimum atomic E-state index is -1.23. The van der Waals surface area contributed by atoms with Crippen LogP contribution < -0.4 is 10.6 Å². The van der Waals surface area contributed by atoms with Crippen molar-refractivity contribution in [2.24, 2.45) is 5.92 Å². The molecular weight excluding hydrogens is 554 g/mol. The number of H-pyrrole nitrogens is 1. The summed E-state index contributed by atoms with van der Waals surface area (Å²) in [5, 5.41) is 7.26. The number of aryl methyl sites for hydroxylation is 2. The smallest absolute Gasteiger partial charge is 0.250 e. The molecule has 1 saturated heterocycles. The number of hydrogen-bond donors (Lipinski definition) is 3. The summed E-state index contributed by atoms with van der Waals surface area (Å²) in [7, 11) is 0. The first-order valence-electron chi connectivity index (χ1n) is 16.0. The van der Waals surface area contributed by atoms with Crippen molar-refractivity contribution in [3.63, 3.8) is 0 Å². The average Bonchev–Trinajstić information content (AvgIpc) is 3.43. The summed E-state index contributed by atoms with van der Waals surface area (Å²) in [6, 6.07) is 15.8. The number of rotatable bonds is 6. The van der Waals surface area contributed by atoms with Crippen molar-refractivity contribution < 1.29 is 19.2 Å². The van der Waals surface area contributed by atoms with E-state index in [2.05, 4.69) is 35.5 Å². The summed E-state index contributed by atoms with van der Waals surface area (Å²) in [6.07, 6.45) is 6.44. The fraction of sp³-hybridized carbons (Fsp3) is 0.486. The predicted molar refractivity (Wildman–Crippen MR) is 171 cm³/mol. The zero-order valence-corrected chi connectivity index (χ0v) is 26.0. The highest BCUT2D eigenvalue weighted by Gasteiger charge is 2.44. The molecule has 9 nitrogen and oxygen atoms in total. The van der Waals surface area contributed by atoms with E-state index in [9.17, 15) is 19.2 Å². The van der Waals surface area contributed by atoms with Crippen molar-refractivity contribution in [1.29, 1.82) is 0 Å². The summed E-state index contributed by atoms with van der Waals surface area (Å²) in [6.45, 7) is 5.54. The van der Waals surface area contributed by atoms with Crippen molar-refractivity contribution in [2.75, 3.05) is 32.7 Å². The molecule has 5 rings (SSSR count). The lowest BCUT2D eigenvalue weighted by Crippen LogP contribution is -2.60. The molecule has 4 amide bonds. The molecule has 3 aromatic rings. The van der Waals surface area contributed by atoms with E-state index in [-0.39, 0.29) is 43.1 Å². The molecule has 1 aromatic heterocycles. The second-order valence-electron chi connectivity index (χ2n) is 12.6. The highest BCUT2D eigenvalue weighted by atomic mass is 16.2. The van der Waals surface area contributed by atoms with Gasteiger partial charge in [0.1, 0.15) is 5.54 Å². The molecule has 0 radical (unpaired) electrons. The van der Waals surface area contributed by atoms with Crippen LogP contribution in [0, 0.1) is 5.92 Å². The Kier molecular flexibility index (Phi) is 10.0. The number of carbonyl (C=O) groups excluding carboxylic acids is 4.